The number of nitrogens with two attached hydrogens (primary N) is 1. The van der Waals surface area contributed by atoms with Crippen LogP contribution in [-0.4, -0.2) is 61.7 Å². The van der Waals surface area contributed by atoms with E-state index >= 15 is 0 Å². The molecule has 3 N–H and O–H groups in total. The van der Waals surface area contributed by atoms with Crippen LogP contribution in [0.15, 0.2) is 41.3 Å². The number of alkyl halides is 1. The first-order valence-electron chi connectivity index (χ1n) is 11.0. The van der Waals surface area contributed by atoms with Crippen LogP contribution >= 0.6 is 19.4 Å². The molecule has 1 fully saturated rings. The largest absolute Gasteiger partial charge is 0.530 e. The molecule has 200 valence electrons. The number of terminal acetylenes is 1. The van der Waals surface area contributed by atoms with E-state index in [1.165, 1.54) is 19.1 Å². The Labute approximate surface area is 217 Å². The molecule has 15 heteroatoms. The smallest absolute Gasteiger partial charge is 0.461 e. The van der Waals surface area contributed by atoms with Gasteiger partial charge in [-0.1, -0.05) is 35.7 Å². The number of phosphoric ester groups is 1. The van der Waals surface area contributed by atoms with E-state index in [-0.39, 0.29) is 11.6 Å². The molecule has 1 aliphatic rings. The number of nitrogens with zero attached hydrogens (tertiary/aromatic N) is 3. The first kappa shape index (κ1) is 28.6. The monoisotopic (exact) mass is 556 g/mol. The zero-order valence-electron chi connectivity index (χ0n) is 20.1. The molecule has 6 atom stereocenters. The molecular weight excluding hydrogens is 531 g/mol. The highest BCUT2D eigenvalue weighted by molar-refractivity contribution is 7.49. The molecule has 2 heterocycles. The Morgan fingerprint density at radius 2 is 2.05 bits per heavy atom. The van der Waals surface area contributed by atoms with Crippen LogP contribution < -0.4 is 15.9 Å². The second-order valence-electron chi connectivity index (χ2n) is 8.17. The second-order valence-corrected chi connectivity index (χ2v) is 10.3. The first-order valence-corrected chi connectivity index (χ1v) is 12.8. The number of hydrogen-bond acceptors (Lipinski definition) is 12. The molecule has 0 saturated carbocycles. The maximum atomic E-state index is 13.5. The third-order valence-electron chi connectivity index (χ3n) is 4.95. The minimum atomic E-state index is -4.53. The number of ether oxygens (including phenoxy) is 2. The van der Waals surface area contributed by atoms with Crippen molar-refractivity contribution in [2.24, 2.45) is 0 Å². The van der Waals surface area contributed by atoms with E-state index in [0.29, 0.717) is 4.68 Å². The Bertz CT molecular complexity index is 1250. The number of carbonyl (C=O) groups excluding carboxylic acids is 1. The quantitative estimate of drug-likeness (QED) is 0.188. The summed E-state index contributed by atoms with van der Waals surface area (Å²) in [6, 6.07) is 7.91. The van der Waals surface area contributed by atoms with E-state index in [4.69, 9.17) is 46.8 Å². The van der Waals surface area contributed by atoms with E-state index in [1.807, 2.05) is 0 Å². The predicted octanol–water partition coefficient (Wildman–Crippen LogP) is 1.65. The lowest BCUT2D eigenvalue weighted by Gasteiger charge is -2.25. The van der Waals surface area contributed by atoms with Gasteiger partial charge in [-0.15, -0.1) is 6.42 Å². The Hall–Kier alpha value is -2.98. The van der Waals surface area contributed by atoms with Crippen molar-refractivity contribution >= 4 is 31.2 Å². The number of aliphatic hydroxyl groups is 1. The summed E-state index contributed by atoms with van der Waals surface area (Å²) in [7, 11) is -4.53. The van der Waals surface area contributed by atoms with Crippen LogP contribution in [0.4, 0.5) is 5.82 Å². The fourth-order valence-corrected chi connectivity index (χ4v) is 4.84. The summed E-state index contributed by atoms with van der Waals surface area (Å²) in [5.74, 6) is 1.35. The summed E-state index contributed by atoms with van der Waals surface area (Å²) in [5, 5.41) is 14.7. The van der Waals surface area contributed by atoms with E-state index < -0.39 is 61.6 Å². The SMILES string of the molecule is C#CC1(Cl)[C@@H](O)[C@@H](COP(=O)(Oc2ccccc2)O[C@@H](C)C(=O)OC(C)C)O[C@H]1n1ncc(N)nc1=O. The van der Waals surface area contributed by atoms with Crippen molar-refractivity contribution in [3.63, 3.8) is 0 Å². The van der Waals surface area contributed by atoms with Gasteiger partial charge >= 0.3 is 19.5 Å². The van der Waals surface area contributed by atoms with Crippen LogP contribution in [0.2, 0.25) is 0 Å². The third kappa shape index (κ3) is 6.67. The van der Waals surface area contributed by atoms with E-state index in [0.717, 1.165) is 6.20 Å². The van der Waals surface area contributed by atoms with Gasteiger partial charge in [0.1, 0.15) is 23.8 Å². The fourth-order valence-electron chi connectivity index (χ4n) is 3.22. The topological polar surface area (TPSA) is 174 Å². The lowest BCUT2D eigenvalue weighted by Crippen LogP contribution is -2.44. The Morgan fingerprint density at radius 1 is 1.38 bits per heavy atom. The average molecular weight is 557 g/mol. The van der Waals surface area contributed by atoms with E-state index in [9.17, 15) is 19.3 Å². The molecule has 37 heavy (non-hydrogen) atoms. The second kappa shape index (κ2) is 11.6. The van der Waals surface area contributed by atoms with Crippen LogP contribution in [0, 0.1) is 12.3 Å². The summed E-state index contributed by atoms with van der Waals surface area (Å²) < 4.78 is 41.3. The lowest BCUT2D eigenvalue weighted by molar-refractivity contribution is -0.156. The number of anilines is 1. The van der Waals surface area contributed by atoms with Gasteiger partial charge in [-0.25, -0.2) is 14.2 Å². The Balaban J connectivity index is 1.83. The molecule has 0 bridgehead atoms. The zero-order valence-corrected chi connectivity index (χ0v) is 21.7. The summed E-state index contributed by atoms with van der Waals surface area (Å²) in [6.07, 6.45) is 0.362. The highest BCUT2D eigenvalue weighted by Crippen LogP contribution is 2.52. The number of aliphatic hydroxyl groups excluding tert-OH is 1. The van der Waals surface area contributed by atoms with Gasteiger partial charge in [0.2, 0.25) is 0 Å². The summed E-state index contributed by atoms with van der Waals surface area (Å²) in [5.41, 5.74) is 4.53. The van der Waals surface area contributed by atoms with Gasteiger partial charge in [-0.2, -0.15) is 14.8 Å². The molecule has 3 rings (SSSR count). The molecule has 0 spiro atoms. The maximum absolute atomic E-state index is 13.5. The van der Waals surface area contributed by atoms with Gasteiger partial charge < -0.3 is 24.8 Å². The number of halogens is 1. The van der Waals surface area contributed by atoms with Crippen molar-refractivity contribution < 1.29 is 37.5 Å². The first-order chi connectivity index (χ1) is 17.4. The standard InChI is InChI=1S/C22H26ClN4O9P/c1-5-22(23)18(28)16(34-20(22)27-21(30)26-17(24)11-25-27)12-32-37(31,36-15-9-7-6-8-10-15)35-14(4)19(29)33-13(2)3/h1,6-11,13-14,16,18,20,28H,12H2,2-4H3,(H2,24,26,30)/t14-,16+,18-,20+,22?,37?/m0/s1. The number of hydrogen-bond donors (Lipinski definition) is 2. The van der Waals surface area contributed by atoms with Crippen molar-refractivity contribution in [2.75, 3.05) is 12.3 Å². The highest BCUT2D eigenvalue weighted by Gasteiger charge is 2.57. The molecule has 2 unspecified atom stereocenters. The molecule has 1 aromatic carbocycles. The molecule has 0 amide bonds. The number of nitrogen functional groups attached to an aromatic ring is 1. The Kier molecular flexibility index (Phi) is 8.96. The van der Waals surface area contributed by atoms with Crippen LogP contribution in [-0.2, 0) is 27.9 Å². The molecular formula is C22H26ClN4O9P. The minimum absolute atomic E-state index is 0.111. The van der Waals surface area contributed by atoms with E-state index in [2.05, 4.69) is 16.0 Å². The zero-order chi connectivity index (χ0) is 27.4. The molecule has 1 aliphatic heterocycles. The number of para-hydroxylation sites is 1. The molecule has 1 saturated heterocycles. The number of rotatable bonds is 10. The molecule has 13 nitrogen and oxygen atoms in total. The number of carbonyl (C=O) groups is 1. The van der Waals surface area contributed by atoms with Crippen molar-refractivity contribution in [2.45, 2.75) is 56.3 Å². The van der Waals surface area contributed by atoms with Crippen LogP contribution in [0.25, 0.3) is 0 Å². The van der Waals surface area contributed by atoms with Crippen LogP contribution in [0.3, 0.4) is 0 Å². The normalized spacial score (nSPS) is 25.7. The number of benzene rings is 1. The lowest BCUT2D eigenvalue weighted by atomic mass is 10.00. The van der Waals surface area contributed by atoms with Crippen LogP contribution in [0.1, 0.15) is 27.0 Å². The minimum Gasteiger partial charge on any atom is -0.461 e. The third-order valence-corrected chi connectivity index (χ3v) is 6.95. The van der Waals surface area contributed by atoms with Crippen molar-refractivity contribution in [1.29, 1.82) is 0 Å². The van der Waals surface area contributed by atoms with Gasteiger partial charge in [0.05, 0.1) is 18.9 Å². The van der Waals surface area contributed by atoms with Gasteiger partial charge in [0.25, 0.3) is 0 Å². The van der Waals surface area contributed by atoms with Crippen molar-refractivity contribution in [3.05, 3.63) is 47.0 Å². The molecule has 0 aliphatic carbocycles. The van der Waals surface area contributed by atoms with Gasteiger partial charge in [0.15, 0.2) is 17.2 Å². The Morgan fingerprint density at radius 3 is 2.65 bits per heavy atom. The summed E-state index contributed by atoms with van der Waals surface area (Å²) >= 11 is 6.45. The molecule has 0 radical (unpaired) electrons. The molecule has 1 aromatic heterocycles. The molecule has 2 aromatic rings. The average Bonchev–Trinajstić information content (AvgIpc) is 3.08. The van der Waals surface area contributed by atoms with Crippen molar-refractivity contribution in [3.8, 4) is 18.1 Å². The van der Waals surface area contributed by atoms with Gasteiger partial charge in [-0.05, 0) is 32.9 Å². The van der Waals surface area contributed by atoms with Gasteiger partial charge in [0, 0.05) is 0 Å². The van der Waals surface area contributed by atoms with E-state index in [1.54, 1.807) is 32.0 Å². The predicted molar refractivity (Wildman–Crippen MR) is 130 cm³/mol. The number of esters is 1. The highest BCUT2D eigenvalue weighted by atomic mass is 35.5. The van der Waals surface area contributed by atoms with Crippen LogP contribution in [0.5, 0.6) is 5.75 Å². The van der Waals surface area contributed by atoms with Gasteiger partial charge in [-0.3, -0.25) is 9.05 Å². The number of phosphoric acid groups is 1. The summed E-state index contributed by atoms with van der Waals surface area (Å²) in [6.45, 7) is 3.94. The number of aromatic nitrogens is 3. The maximum Gasteiger partial charge on any atom is 0.530 e. The fraction of sp³-hybridized carbons (Fsp3) is 0.455. The van der Waals surface area contributed by atoms with Crippen molar-refractivity contribution in [1.82, 2.24) is 14.8 Å². The summed E-state index contributed by atoms with van der Waals surface area (Å²) in [4.78, 5) is 26.1.